The third-order valence-corrected chi connectivity index (χ3v) is 12.0. The molecule has 25 heteroatoms. The summed E-state index contributed by atoms with van der Waals surface area (Å²) in [6.45, 7) is 0. The number of amidine groups is 1. The number of nitrogens with one attached hydrogen (secondary N) is 3. The van der Waals surface area contributed by atoms with Crippen molar-refractivity contribution in [3.8, 4) is 0 Å². The van der Waals surface area contributed by atoms with Gasteiger partial charge in [-0.25, -0.2) is 0 Å². The van der Waals surface area contributed by atoms with Crippen molar-refractivity contribution in [2.45, 2.75) is 19.6 Å². The molecule has 6 rings (SSSR count). The lowest BCUT2D eigenvalue weighted by atomic mass is 10.1. The zero-order valence-electron chi connectivity index (χ0n) is 30.6. The lowest BCUT2D eigenvalue weighted by molar-refractivity contribution is 0.481. The van der Waals surface area contributed by atoms with Crippen molar-refractivity contribution in [3.05, 3.63) is 97.1 Å². The molecule has 21 nitrogen and oxygen atoms in total. The topological polar surface area (TPSA) is 336 Å². The lowest BCUT2D eigenvalue weighted by Gasteiger charge is -2.10. The quantitative estimate of drug-likeness (QED) is 0.0254. The van der Waals surface area contributed by atoms with Gasteiger partial charge in [0.15, 0.2) is 0 Å². The first-order valence-electron chi connectivity index (χ1n) is 16.6. The first-order chi connectivity index (χ1) is 28.1. The smallest absolute Gasteiger partial charge is 0.296 e. The second-order valence-corrected chi connectivity index (χ2v) is 18.0. The maximum atomic E-state index is 12.4. The van der Waals surface area contributed by atoms with Crippen molar-refractivity contribution in [2.24, 2.45) is 25.4 Å². The molecule has 0 aliphatic carbocycles. The highest BCUT2D eigenvalue weighted by atomic mass is 32.2. The zero-order chi connectivity index (χ0) is 43.8. The maximum Gasteiger partial charge on any atom is 0.296 e. The summed E-state index contributed by atoms with van der Waals surface area (Å²) in [5.74, 6) is 0. The Hall–Kier alpha value is -6.45. The summed E-state index contributed by atoms with van der Waals surface area (Å²) in [7, 11) is -16.2. The Bertz CT molecular complexity index is 3290. The number of nitrogens with zero attached hydrogens (tertiary/aromatic N) is 5. The molecule has 312 valence electrons. The van der Waals surface area contributed by atoms with Crippen LogP contribution >= 0.6 is 0 Å². The van der Waals surface area contributed by atoms with Gasteiger partial charge in [0.25, 0.3) is 46.5 Å². The van der Waals surface area contributed by atoms with E-state index in [-0.39, 0.29) is 33.5 Å². The van der Waals surface area contributed by atoms with Crippen LogP contribution in [-0.4, -0.2) is 77.1 Å². The number of aliphatic hydroxyl groups is 1. The Labute approximate surface area is 341 Å². The molecule has 0 aliphatic rings. The minimum atomic E-state index is -5.03. The van der Waals surface area contributed by atoms with E-state index in [0.29, 0.717) is 22.1 Å². The first-order valence-corrected chi connectivity index (χ1v) is 22.4. The number of benzene rings is 6. The summed E-state index contributed by atoms with van der Waals surface area (Å²) >= 11 is 0. The van der Waals surface area contributed by atoms with E-state index in [1.165, 1.54) is 50.5 Å². The van der Waals surface area contributed by atoms with Gasteiger partial charge in [0.2, 0.25) is 0 Å². The molecule has 0 spiro atoms. The number of rotatable bonds is 12. The summed E-state index contributed by atoms with van der Waals surface area (Å²) in [6.07, 6.45) is 0. The average Bonchev–Trinajstić information content (AvgIpc) is 3.17. The standard InChI is InChI=1S/C35H30N8O13S4/c1-36-29-11-5-19-3-9-23(57(45,46)47)17-25(19)33(29)42-40-27-13-7-21(15-31(27)59(51,52)53)38-35(44)39-22-8-14-28(32(16-22)60(54,55)56)41-43-34-26-18-24(58(48,49)50)10-4-20(26)6-12-30(34)37-2/h3-18,36-37H,1-2H3,(H2,38,39,44)(H,45,46,47)(H,48,49,50)(H,51,52,53)(H,54,55,56). The normalized spacial score (nSPS) is 13.1. The fourth-order valence-electron chi connectivity index (χ4n) is 5.74. The van der Waals surface area contributed by atoms with Gasteiger partial charge in [-0.15, -0.1) is 20.5 Å². The van der Waals surface area contributed by atoms with Gasteiger partial charge in [-0.2, -0.15) is 38.7 Å². The summed E-state index contributed by atoms with van der Waals surface area (Å²) in [6, 6.07) is 19.3. The van der Waals surface area contributed by atoms with E-state index >= 15 is 0 Å². The summed E-state index contributed by atoms with van der Waals surface area (Å²) in [5, 5.41) is 36.3. The Morgan fingerprint density at radius 1 is 0.500 bits per heavy atom. The van der Waals surface area contributed by atoms with Crippen LogP contribution in [0.1, 0.15) is 0 Å². The molecule has 60 heavy (non-hydrogen) atoms. The Morgan fingerprint density at radius 3 is 1.37 bits per heavy atom. The average molecular weight is 899 g/mol. The predicted octanol–water partition coefficient (Wildman–Crippen LogP) is 7.55. The van der Waals surface area contributed by atoms with Gasteiger partial charge in [-0.1, -0.05) is 24.3 Å². The fraction of sp³-hybridized carbons (Fsp3) is 0.0571. The van der Waals surface area contributed by atoms with Gasteiger partial charge in [-0.3, -0.25) is 18.2 Å². The van der Waals surface area contributed by atoms with Gasteiger partial charge in [0.05, 0.1) is 26.9 Å². The zero-order valence-corrected chi connectivity index (χ0v) is 33.9. The van der Waals surface area contributed by atoms with Crippen LogP contribution in [0.4, 0.5) is 45.5 Å². The van der Waals surface area contributed by atoms with E-state index in [9.17, 15) is 57.0 Å². The van der Waals surface area contributed by atoms with Crippen molar-refractivity contribution < 1.29 is 57.0 Å². The van der Waals surface area contributed by atoms with E-state index < -0.39 is 77.5 Å². The van der Waals surface area contributed by atoms with Gasteiger partial charge < -0.3 is 21.1 Å². The van der Waals surface area contributed by atoms with Crippen molar-refractivity contribution in [1.82, 2.24) is 0 Å². The number of hydrogen-bond acceptors (Lipinski definition) is 15. The molecule has 6 aromatic carbocycles. The number of hydrogen-bond donors (Lipinski definition) is 8. The van der Waals surface area contributed by atoms with E-state index in [2.05, 4.69) is 41.4 Å². The molecule has 0 saturated carbocycles. The summed E-state index contributed by atoms with van der Waals surface area (Å²) < 4.78 is 136. The highest BCUT2D eigenvalue weighted by Crippen LogP contribution is 2.40. The number of anilines is 3. The predicted molar refractivity (Wildman–Crippen MR) is 221 cm³/mol. The van der Waals surface area contributed by atoms with Crippen LogP contribution in [0.15, 0.2) is 142 Å². The minimum Gasteiger partial charge on any atom is -0.480 e. The lowest BCUT2D eigenvalue weighted by Crippen LogP contribution is -2.11. The van der Waals surface area contributed by atoms with Gasteiger partial charge in [-0.05, 0) is 83.6 Å². The third-order valence-electron chi connectivity index (χ3n) is 8.53. The summed E-state index contributed by atoms with van der Waals surface area (Å²) in [4.78, 5) is 1.37. The second kappa shape index (κ2) is 16.3. The minimum absolute atomic E-state index is 0.0491. The van der Waals surface area contributed by atoms with Crippen molar-refractivity contribution >= 4 is 114 Å². The molecular weight excluding hydrogens is 869 g/mol. The van der Waals surface area contributed by atoms with E-state index in [1.54, 1.807) is 24.3 Å². The molecule has 0 amide bonds. The fourth-order valence-corrected chi connectivity index (χ4v) is 8.04. The van der Waals surface area contributed by atoms with Crippen LogP contribution in [-0.2, 0) is 40.5 Å². The van der Waals surface area contributed by atoms with Crippen LogP contribution in [0.2, 0.25) is 0 Å². The molecule has 0 aromatic heterocycles. The summed E-state index contributed by atoms with van der Waals surface area (Å²) in [5.41, 5.74) is -0.458. The molecule has 0 radical (unpaired) electrons. The molecule has 0 fully saturated rings. The van der Waals surface area contributed by atoms with E-state index in [1.807, 2.05) is 0 Å². The van der Waals surface area contributed by atoms with Crippen molar-refractivity contribution in [3.63, 3.8) is 0 Å². The highest BCUT2D eigenvalue weighted by Gasteiger charge is 2.21. The molecule has 6 aromatic rings. The number of fused-ring (bicyclic) bond motifs is 2. The van der Waals surface area contributed by atoms with Gasteiger partial charge in [0.1, 0.15) is 32.5 Å². The number of aliphatic hydroxyl groups excluding tert-OH is 1. The van der Waals surface area contributed by atoms with Crippen molar-refractivity contribution in [2.75, 3.05) is 30.0 Å². The Balaban J connectivity index is 1.32. The van der Waals surface area contributed by atoms with Crippen LogP contribution < -0.4 is 16.0 Å². The van der Waals surface area contributed by atoms with Crippen LogP contribution in [0.3, 0.4) is 0 Å². The van der Waals surface area contributed by atoms with E-state index in [4.69, 9.17) is 0 Å². The monoisotopic (exact) mass is 898 g/mol. The SMILES string of the molecule is CNc1ccc2ccc(S(=O)(=O)O)cc2c1N=Nc1ccc(N=C(O)Nc2ccc(N=Nc3c(NC)ccc4ccc(S(=O)(=O)O)cc34)c(S(=O)(=O)O)c2)cc1S(=O)(=O)O. The molecule has 0 unspecified atom stereocenters. The highest BCUT2D eigenvalue weighted by molar-refractivity contribution is 7.86. The number of azo groups is 2. The molecule has 0 bridgehead atoms. The van der Waals surface area contributed by atoms with Crippen molar-refractivity contribution in [1.29, 1.82) is 0 Å². The maximum absolute atomic E-state index is 12.4. The molecular formula is C35H30N8O13S4. The Morgan fingerprint density at radius 2 is 0.933 bits per heavy atom. The number of aliphatic imine (C=N–C) groups is 1. The van der Waals surface area contributed by atoms with Crippen LogP contribution in [0.5, 0.6) is 0 Å². The second-order valence-electron chi connectivity index (χ2n) is 12.4. The molecule has 0 heterocycles. The molecule has 8 N–H and O–H groups in total. The molecule has 0 atom stereocenters. The van der Waals surface area contributed by atoms with Gasteiger partial charge >= 0.3 is 0 Å². The van der Waals surface area contributed by atoms with E-state index in [0.717, 1.165) is 36.4 Å². The van der Waals surface area contributed by atoms with Gasteiger partial charge in [0, 0.05) is 30.6 Å². The molecule has 0 saturated heterocycles. The Kier molecular flexibility index (Phi) is 11.7. The first kappa shape index (κ1) is 43.1. The third kappa shape index (κ3) is 9.53. The molecule has 0 aliphatic heterocycles. The van der Waals surface area contributed by atoms with Crippen LogP contribution in [0, 0.1) is 0 Å². The largest absolute Gasteiger partial charge is 0.480 e. The van der Waals surface area contributed by atoms with Crippen LogP contribution in [0.25, 0.3) is 21.5 Å².